The Morgan fingerprint density at radius 2 is 1.03 bits per heavy atom. The molecule has 0 saturated heterocycles. The van der Waals surface area contributed by atoms with Gasteiger partial charge >= 0.3 is 26.2 Å². The van der Waals surface area contributed by atoms with Gasteiger partial charge in [0.25, 0.3) is 0 Å². The smallest absolute Gasteiger partial charge is 1.00 e. The quantitative estimate of drug-likeness (QED) is 0.233. The Hall–Kier alpha value is -1.96. The Kier molecular flexibility index (Phi) is 9.13. The third-order valence-corrected chi connectivity index (χ3v) is 9.24. The Bertz CT molecular complexity index is 1210. The van der Waals surface area contributed by atoms with E-state index in [9.17, 15) is 0 Å². The fourth-order valence-corrected chi connectivity index (χ4v) is 7.93. The molecular weight excluding hydrogens is 551 g/mol. The Morgan fingerprint density at radius 1 is 0.588 bits per heavy atom. The minimum atomic E-state index is -1.10. The van der Waals surface area contributed by atoms with Gasteiger partial charge in [-0.15, -0.1) is 6.42 Å². The molecule has 0 aromatic heterocycles. The van der Waals surface area contributed by atoms with Crippen LogP contribution in [0.1, 0.15) is 23.5 Å². The van der Waals surface area contributed by atoms with Crippen LogP contribution in [0.25, 0.3) is 11.1 Å². The Morgan fingerprint density at radius 3 is 1.53 bits per heavy atom. The molecule has 0 N–H and O–H groups in total. The molecule has 34 heavy (non-hydrogen) atoms. The molecule has 4 heteroatoms. The molecule has 0 nitrogen and oxygen atoms in total. The van der Waals surface area contributed by atoms with E-state index in [2.05, 4.69) is 121 Å². The number of fused-ring (bicyclic) bond motifs is 3. The van der Waals surface area contributed by atoms with Gasteiger partial charge in [0.2, 0.25) is 0 Å². The molecule has 0 unspecified atom stereocenters. The van der Waals surface area contributed by atoms with Crippen molar-refractivity contribution >= 4 is 19.2 Å². The van der Waals surface area contributed by atoms with E-state index in [1.807, 2.05) is 0 Å². The van der Waals surface area contributed by atoms with Crippen LogP contribution in [0.15, 0.2) is 126 Å². The van der Waals surface area contributed by atoms with Crippen LogP contribution in [-0.2, 0) is 26.2 Å². The van der Waals surface area contributed by atoms with Gasteiger partial charge in [0.1, 0.15) is 0 Å². The SMILES string of the molecule is [C-]1=C(C2c3ccccc3-c3ccccc32)C([Si](c2ccccc2)c2ccccc2)=CC1.[Cl-].[Cl-].[Zr+3]. The minimum Gasteiger partial charge on any atom is -1.00 e. The van der Waals surface area contributed by atoms with Gasteiger partial charge < -0.3 is 24.8 Å². The maximum atomic E-state index is 3.80. The molecular formula is C30H22Cl2SiZr. The van der Waals surface area contributed by atoms with E-state index in [0.717, 1.165) is 6.42 Å². The molecule has 0 bridgehead atoms. The molecule has 0 atom stereocenters. The summed E-state index contributed by atoms with van der Waals surface area (Å²) in [5.41, 5.74) is 6.97. The summed E-state index contributed by atoms with van der Waals surface area (Å²) in [7, 11) is -1.10. The summed E-state index contributed by atoms with van der Waals surface area (Å²) in [6.07, 6.45) is 7.14. The molecule has 4 aromatic rings. The van der Waals surface area contributed by atoms with E-state index in [4.69, 9.17) is 0 Å². The number of allylic oxidation sites excluding steroid dienone is 4. The molecule has 2 radical (unpaired) electrons. The summed E-state index contributed by atoms with van der Waals surface area (Å²) in [6, 6.07) is 39.9. The molecule has 0 amide bonds. The molecule has 0 aliphatic heterocycles. The van der Waals surface area contributed by atoms with Gasteiger partial charge in [-0.3, -0.25) is 6.08 Å². The maximum absolute atomic E-state index is 3.80. The topological polar surface area (TPSA) is 0 Å². The zero-order chi connectivity index (χ0) is 20.6. The molecule has 6 rings (SSSR count). The van der Waals surface area contributed by atoms with Gasteiger partial charge in [0.15, 0.2) is 0 Å². The predicted octanol–water partition coefficient (Wildman–Crippen LogP) is -0.288. The third-order valence-electron chi connectivity index (χ3n) is 6.41. The minimum absolute atomic E-state index is 0. The monoisotopic (exact) mass is 570 g/mol. The fourth-order valence-electron chi connectivity index (χ4n) is 5.12. The largest absolute Gasteiger partial charge is 3.00 e. The Balaban J connectivity index is 0.00000108. The summed E-state index contributed by atoms with van der Waals surface area (Å²) >= 11 is 0. The first-order valence-electron chi connectivity index (χ1n) is 10.9. The number of benzene rings is 4. The number of hydrogen-bond acceptors (Lipinski definition) is 0. The zero-order valence-corrected chi connectivity index (χ0v) is 23.5. The first-order valence-corrected chi connectivity index (χ1v) is 12.4. The summed E-state index contributed by atoms with van der Waals surface area (Å²) in [5, 5.41) is 4.37. The van der Waals surface area contributed by atoms with Crippen molar-refractivity contribution in [2.45, 2.75) is 12.3 Å². The maximum Gasteiger partial charge on any atom is 3.00 e. The first-order chi connectivity index (χ1) is 15.4. The van der Waals surface area contributed by atoms with Crippen LogP contribution in [-0.4, -0.2) is 8.80 Å². The van der Waals surface area contributed by atoms with Crippen molar-refractivity contribution in [3.05, 3.63) is 143 Å². The standard InChI is InChI=1S/C30H22Si.2ClH.Zr/c1-3-12-22(13-4-1)31(23-14-5-2-6-15-23)29-21-11-20-28(29)30-26-18-9-7-16-24(26)25-17-8-10-19-27(25)30;;;/h1-10,12-19,21,30H,11H2;2*1H;/q-1;;;+3/p-2. The molecule has 2 aliphatic rings. The number of hydrogen-bond donors (Lipinski definition) is 0. The van der Waals surface area contributed by atoms with Crippen molar-refractivity contribution in [2.75, 3.05) is 0 Å². The number of halogens is 2. The normalized spacial score (nSPS) is 13.6. The van der Waals surface area contributed by atoms with Gasteiger partial charge in [0.05, 0.1) is 8.80 Å². The van der Waals surface area contributed by atoms with Gasteiger partial charge in [-0.2, -0.15) is 11.3 Å². The van der Waals surface area contributed by atoms with E-state index in [-0.39, 0.29) is 56.9 Å². The van der Waals surface area contributed by atoms with Crippen molar-refractivity contribution in [3.63, 3.8) is 0 Å². The molecule has 0 fully saturated rings. The second-order valence-corrected chi connectivity index (χ2v) is 10.6. The van der Waals surface area contributed by atoms with Crippen LogP contribution in [0.4, 0.5) is 0 Å². The predicted molar refractivity (Wildman–Crippen MR) is 131 cm³/mol. The summed E-state index contributed by atoms with van der Waals surface area (Å²) in [6.45, 7) is 0. The van der Waals surface area contributed by atoms with Gasteiger partial charge in [-0.25, -0.2) is 5.57 Å². The van der Waals surface area contributed by atoms with Gasteiger partial charge in [-0.1, -0.05) is 120 Å². The van der Waals surface area contributed by atoms with E-state index in [1.54, 1.807) is 0 Å². The second kappa shape index (κ2) is 11.6. The van der Waals surface area contributed by atoms with Crippen molar-refractivity contribution < 1.29 is 51.0 Å². The molecule has 0 heterocycles. The molecule has 4 aromatic carbocycles. The second-order valence-electron chi connectivity index (χ2n) is 8.13. The summed E-state index contributed by atoms with van der Waals surface area (Å²) in [4.78, 5) is 0. The molecule has 164 valence electrons. The average molecular weight is 573 g/mol. The first kappa shape index (κ1) is 26.6. The fraction of sp³-hybridized carbons (Fsp3) is 0.0667. The molecule has 2 aliphatic carbocycles. The van der Waals surface area contributed by atoms with Crippen LogP contribution < -0.4 is 35.2 Å². The Labute approximate surface area is 235 Å². The van der Waals surface area contributed by atoms with Crippen LogP contribution >= 0.6 is 0 Å². The van der Waals surface area contributed by atoms with E-state index in [0.29, 0.717) is 0 Å². The third kappa shape index (κ3) is 4.62. The van der Waals surface area contributed by atoms with Crippen LogP contribution in [0.5, 0.6) is 0 Å². The van der Waals surface area contributed by atoms with Crippen molar-refractivity contribution in [3.8, 4) is 11.1 Å². The van der Waals surface area contributed by atoms with E-state index in [1.165, 1.54) is 43.4 Å². The van der Waals surface area contributed by atoms with Crippen LogP contribution in [0.3, 0.4) is 0 Å². The van der Waals surface area contributed by atoms with Crippen molar-refractivity contribution in [1.82, 2.24) is 0 Å². The van der Waals surface area contributed by atoms with Crippen LogP contribution in [0.2, 0.25) is 0 Å². The molecule has 0 spiro atoms. The average Bonchev–Trinajstić information content (AvgIpc) is 3.43. The van der Waals surface area contributed by atoms with Crippen molar-refractivity contribution in [2.24, 2.45) is 0 Å². The summed E-state index contributed by atoms with van der Waals surface area (Å²) < 4.78 is 0. The number of rotatable bonds is 4. The van der Waals surface area contributed by atoms with Crippen LogP contribution in [0, 0.1) is 6.08 Å². The van der Waals surface area contributed by atoms with Gasteiger partial charge in [0, 0.05) is 5.92 Å². The van der Waals surface area contributed by atoms with Crippen molar-refractivity contribution in [1.29, 1.82) is 0 Å². The zero-order valence-electron chi connectivity index (χ0n) is 18.5. The van der Waals surface area contributed by atoms with E-state index < -0.39 is 8.80 Å². The summed E-state index contributed by atoms with van der Waals surface area (Å²) in [5.74, 6) is 0.272. The van der Waals surface area contributed by atoms with E-state index >= 15 is 0 Å². The molecule has 0 saturated carbocycles. The van der Waals surface area contributed by atoms with Gasteiger partial charge in [-0.05, 0) is 22.3 Å².